The Morgan fingerprint density at radius 1 is 0.980 bits per heavy atom. The Morgan fingerprint density at radius 2 is 1.71 bits per heavy atom. The number of nitrogens with one attached hydrogen (secondary N) is 3. The van der Waals surface area contributed by atoms with Gasteiger partial charge in [0.15, 0.2) is 5.82 Å². The van der Waals surface area contributed by atoms with Crippen molar-refractivity contribution in [2.45, 2.75) is 24.8 Å². The lowest BCUT2D eigenvalue weighted by atomic mass is 9.95. The molecular weight excluding hydrogens is 687 g/mol. The van der Waals surface area contributed by atoms with E-state index in [1.165, 1.54) is 27.3 Å². The Hall–Kier alpha value is -6.07. The Kier molecular flexibility index (Phi) is 8.10. The van der Waals surface area contributed by atoms with E-state index < -0.39 is 76.0 Å². The Labute approximate surface area is 288 Å². The number of aliphatic hydroxyl groups is 1. The number of piperidine rings is 1. The highest BCUT2D eigenvalue weighted by Gasteiger charge is 2.38. The Bertz CT molecular complexity index is 2490. The minimum absolute atomic E-state index is 0.0737. The van der Waals surface area contributed by atoms with E-state index in [4.69, 9.17) is 0 Å². The lowest BCUT2D eigenvalue weighted by Crippen LogP contribution is -2.44. The van der Waals surface area contributed by atoms with Crippen molar-refractivity contribution in [3.05, 3.63) is 88.6 Å². The van der Waals surface area contributed by atoms with Gasteiger partial charge >= 0.3 is 15.9 Å². The molecule has 0 saturated carbocycles. The third kappa shape index (κ3) is 5.75. The molecule has 5 N–H and O–H groups in total. The number of imide groups is 1. The maximum absolute atomic E-state index is 15.5. The fraction of sp³-hybridized carbons (Fsp3) is 0.206. The second-order valence-electron chi connectivity index (χ2n) is 12.3. The van der Waals surface area contributed by atoms with Gasteiger partial charge in [-0.3, -0.25) is 33.6 Å². The summed E-state index contributed by atoms with van der Waals surface area (Å²) in [5.41, 5.74) is 2.22. The number of halogens is 1. The van der Waals surface area contributed by atoms with Crippen LogP contribution in [-0.2, 0) is 36.4 Å². The highest BCUT2D eigenvalue weighted by molar-refractivity contribution is 7.92. The maximum Gasteiger partial charge on any atom is 0.329 e. The number of anilines is 2. The maximum atomic E-state index is 15.5. The van der Waals surface area contributed by atoms with Gasteiger partial charge in [0.25, 0.3) is 5.91 Å². The zero-order valence-electron chi connectivity index (χ0n) is 26.7. The molecule has 51 heavy (non-hydrogen) atoms. The fourth-order valence-corrected chi connectivity index (χ4v) is 7.71. The molecule has 0 radical (unpaired) electrons. The minimum Gasteiger partial charge on any atom is -0.506 e. The number of fused-ring (bicyclic) bond motifs is 2. The van der Waals surface area contributed by atoms with E-state index in [1.54, 1.807) is 54.2 Å². The number of phenolic OH excluding ortho intramolecular Hbond substituents is 1. The summed E-state index contributed by atoms with van der Waals surface area (Å²) in [6.45, 7) is -1.25. The molecule has 4 aromatic carbocycles. The van der Waals surface area contributed by atoms with Crippen molar-refractivity contribution >= 4 is 67.0 Å². The van der Waals surface area contributed by atoms with Crippen LogP contribution in [0.2, 0.25) is 0 Å². The first-order chi connectivity index (χ1) is 24.3. The fourth-order valence-electron chi connectivity index (χ4n) is 6.55. The molecule has 2 atom stereocenters. The van der Waals surface area contributed by atoms with Crippen LogP contribution in [0.1, 0.15) is 30.4 Å². The van der Waals surface area contributed by atoms with Gasteiger partial charge in [0.05, 0.1) is 23.6 Å². The van der Waals surface area contributed by atoms with Gasteiger partial charge in [-0.15, -0.1) is 0 Å². The molecule has 7 rings (SSSR count). The number of aromatic hydroxyl groups is 1. The van der Waals surface area contributed by atoms with Gasteiger partial charge in [0.2, 0.25) is 17.7 Å². The predicted molar refractivity (Wildman–Crippen MR) is 182 cm³/mol. The monoisotopic (exact) mass is 716 g/mol. The van der Waals surface area contributed by atoms with Crippen LogP contribution in [0.25, 0.3) is 32.9 Å². The van der Waals surface area contributed by atoms with Crippen LogP contribution in [0.5, 0.6) is 5.75 Å². The van der Waals surface area contributed by atoms with Gasteiger partial charge < -0.3 is 15.5 Å². The zero-order chi connectivity index (χ0) is 36.4. The molecule has 1 aromatic heterocycles. The van der Waals surface area contributed by atoms with Crippen molar-refractivity contribution < 1.29 is 42.2 Å². The van der Waals surface area contributed by atoms with Gasteiger partial charge in [-0.05, 0) is 64.9 Å². The molecule has 2 aliphatic heterocycles. The number of rotatable bonds is 7. The van der Waals surface area contributed by atoms with Crippen LogP contribution in [-0.4, -0.2) is 64.5 Å². The molecular formula is C34H29FN6O9S. The third-order valence-electron chi connectivity index (χ3n) is 9.12. The molecule has 2 saturated heterocycles. The summed E-state index contributed by atoms with van der Waals surface area (Å²) >= 11 is 0. The molecule has 5 aromatic rings. The number of aliphatic hydroxyl groups excluding tert-OH is 1. The Morgan fingerprint density at radius 3 is 2.37 bits per heavy atom. The van der Waals surface area contributed by atoms with Crippen molar-refractivity contribution in [2.24, 2.45) is 7.05 Å². The molecule has 2 aliphatic rings. The van der Waals surface area contributed by atoms with Gasteiger partial charge in [-0.25, -0.2) is 18.2 Å². The van der Waals surface area contributed by atoms with Gasteiger partial charge in [0, 0.05) is 24.5 Å². The van der Waals surface area contributed by atoms with Crippen LogP contribution < -0.4 is 25.4 Å². The molecule has 262 valence electrons. The molecule has 1 unspecified atom stereocenters. The number of nitrogens with zero attached hydrogens (tertiary/aromatic N) is 3. The average molecular weight is 717 g/mol. The van der Waals surface area contributed by atoms with E-state index in [0.29, 0.717) is 20.9 Å². The molecule has 0 spiro atoms. The van der Waals surface area contributed by atoms with E-state index in [-0.39, 0.29) is 35.2 Å². The first kappa shape index (κ1) is 33.4. The van der Waals surface area contributed by atoms with E-state index in [0.717, 1.165) is 17.2 Å². The summed E-state index contributed by atoms with van der Waals surface area (Å²) in [5, 5.41) is 25.7. The first-order valence-electron chi connectivity index (χ1n) is 15.6. The number of aryl methyl sites for hydroxylation is 1. The second-order valence-corrected chi connectivity index (χ2v) is 13.9. The highest BCUT2D eigenvalue weighted by atomic mass is 32.2. The smallest absolute Gasteiger partial charge is 0.329 e. The Balaban J connectivity index is 1.11. The molecule has 15 nitrogen and oxygen atoms in total. The van der Waals surface area contributed by atoms with Gasteiger partial charge in [-0.2, -0.15) is 8.42 Å². The summed E-state index contributed by atoms with van der Waals surface area (Å²) in [4.78, 5) is 62.2. The van der Waals surface area contributed by atoms with Crippen LogP contribution in [0.4, 0.5) is 15.8 Å². The van der Waals surface area contributed by atoms with Crippen molar-refractivity contribution in [3.63, 3.8) is 0 Å². The SMILES string of the molecule is Cn1c(=O)n(C2CCC(=O)NC2=O)c2ccc(-c3ccc([C@@H](CO)C(=O)Nc4ccc5c(F)c(N6CC(=O)NS6(=O)=O)c(O)cc5c4)cc3)cc21. The predicted octanol–water partition coefficient (Wildman–Crippen LogP) is 1.88. The molecule has 0 aliphatic carbocycles. The largest absolute Gasteiger partial charge is 0.506 e. The van der Waals surface area contributed by atoms with Crippen molar-refractivity contribution in [2.75, 3.05) is 22.8 Å². The van der Waals surface area contributed by atoms with Crippen molar-refractivity contribution in [1.29, 1.82) is 0 Å². The van der Waals surface area contributed by atoms with E-state index in [9.17, 15) is 42.6 Å². The second kappa shape index (κ2) is 12.4. The van der Waals surface area contributed by atoms with E-state index in [1.807, 2.05) is 0 Å². The number of phenols is 1. The summed E-state index contributed by atoms with van der Waals surface area (Å²) in [5.74, 6) is -5.18. The van der Waals surface area contributed by atoms with Crippen LogP contribution >= 0.6 is 0 Å². The number of carbonyl (C=O) groups is 4. The number of benzene rings is 4. The number of aromatic nitrogens is 2. The molecule has 3 heterocycles. The number of hydrogen-bond donors (Lipinski definition) is 5. The van der Waals surface area contributed by atoms with Crippen molar-refractivity contribution in [3.8, 4) is 16.9 Å². The first-order valence-corrected chi connectivity index (χ1v) is 17.1. The number of amides is 4. The van der Waals surface area contributed by atoms with Crippen LogP contribution in [0, 0.1) is 5.82 Å². The third-order valence-corrected chi connectivity index (χ3v) is 10.5. The van der Waals surface area contributed by atoms with E-state index in [2.05, 4.69) is 10.6 Å². The summed E-state index contributed by atoms with van der Waals surface area (Å²) in [6, 6.07) is 16.5. The van der Waals surface area contributed by atoms with E-state index >= 15 is 4.39 Å². The molecule has 17 heteroatoms. The number of hydrogen-bond acceptors (Lipinski definition) is 9. The lowest BCUT2D eigenvalue weighted by Gasteiger charge is -2.21. The summed E-state index contributed by atoms with van der Waals surface area (Å²) in [6.07, 6.45) is 0.341. The topological polar surface area (TPSA) is 209 Å². The quantitative estimate of drug-likeness (QED) is 0.156. The zero-order valence-corrected chi connectivity index (χ0v) is 27.5. The standard InChI is InChI=1S/C34H29FN6O9S/c1-39-26-13-19(6-9-24(26)41(34(39)48)25-10-11-28(44)37-33(25)47)17-2-4-18(5-3-17)23(16-42)32(46)36-21-7-8-22-20(12-21)14-27(43)31(30(22)35)40-15-29(45)38-51(40,49)50/h2-9,12-14,23,25,42-43H,10-11,15-16H2,1H3,(H,36,46)(H,38,45)(H,37,44,47)/t23-,25?/m1/s1. The molecule has 0 bridgehead atoms. The van der Waals surface area contributed by atoms with Gasteiger partial charge in [0.1, 0.15) is 24.0 Å². The lowest BCUT2D eigenvalue weighted by molar-refractivity contribution is -0.135. The minimum atomic E-state index is -4.38. The molecule has 4 amide bonds. The molecule has 2 fully saturated rings. The van der Waals surface area contributed by atoms with Crippen LogP contribution in [0.15, 0.2) is 71.5 Å². The number of carbonyl (C=O) groups excluding carboxylic acids is 4. The summed E-state index contributed by atoms with van der Waals surface area (Å²) in [7, 11) is -2.79. The number of imidazole rings is 1. The van der Waals surface area contributed by atoms with Crippen LogP contribution in [0.3, 0.4) is 0 Å². The average Bonchev–Trinajstić information content (AvgIpc) is 3.50. The summed E-state index contributed by atoms with van der Waals surface area (Å²) < 4.78 is 44.9. The highest BCUT2D eigenvalue weighted by Crippen LogP contribution is 2.39. The van der Waals surface area contributed by atoms with Crippen molar-refractivity contribution in [1.82, 2.24) is 19.2 Å². The normalized spacial score (nSPS) is 17.8. The van der Waals surface area contributed by atoms with Gasteiger partial charge in [-0.1, -0.05) is 30.3 Å².